The van der Waals surface area contributed by atoms with Gasteiger partial charge in [0.2, 0.25) is 0 Å². The lowest BCUT2D eigenvalue weighted by Crippen LogP contribution is -2.84. The van der Waals surface area contributed by atoms with Crippen molar-refractivity contribution in [1.82, 2.24) is 4.90 Å². The van der Waals surface area contributed by atoms with E-state index in [9.17, 15) is 29.1 Å². The topological polar surface area (TPSA) is 155 Å². The van der Waals surface area contributed by atoms with Crippen molar-refractivity contribution in [2.24, 2.45) is 0 Å². The second-order valence-electron chi connectivity index (χ2n) is 9.14. The molecular formula is C23H23NO11. The minimum absolute atomic E-state index is 0.0220. The average Bonchev–Trinajstić information content (AvgIpc) is 3.15. The largest absolute Gasteiger partial charge is 0.466 e. The normalized spacial score (nSPS) is 38.1. The first kappa shape index (κ1) is 23.2. The molecule has 4 heterocycles. The fourth-order valence-corrected chi connectivity index (χ4v) is 5.66. The van der Waals surface area contributed by atoms with Gasteiger partial charge in [-0.25, -0.2) is 14.4 Å². The summed E-state index contributed by atoms with van der Waals surface area (Å²) in [4.78, 5) is 67.7. The summed E-state index contributed by atoms with van der Waals surface area (Å²) in [5.41, 5.74) is -5.19. The van der Waals surface area contributed by atoms with Gasteiger partial charge in [0.15, 0.2) is 11.7 Å². The lowest BCUT2D eigenvalue weighted by Gasteiger charge is -2.58. The Morgan fingerprint density at radius 2 is 1.74 bits per heavy atom. The van der Waals surface area contributed by atoms with Crippen LogP contribution in [-0.4, -0.2) is 89.2 Å². The van der Waals surface area contributed by atoms with Gasteiger partial charge in [0.25, 0.3) is 0 Å². The van der Waals surface area contributed by atoms with Gasteiger partial charge in [-0.15, -0.1) is 0 Å². The number of benzene rings is 1. The molecule has 0 aliphatic carbocycles. The Hall–Kier alpha value is -3.51. The molecule has 186 valence electrons. The Kier molecular flexibility index (Phi) is 5.15. The Morgan fingerprint density at radius 3 is 2.43 bits per heavy atom. The summed E-state index contributed by atoms with van der Waals surface area (Å²) in [6.45, 7) is 0. The molecule has 1 N–H and O–H groups in total. The molecule has 5 rings (SSSR count). The van der Waals surface area contributed by atoms with Crippen LogP contribution in [0.5, 0.6) is 0 Å². The van der Waals surface area contributed by atoms with E-state index in [-0.39, 0.29) is 12.0 Å². The van der Waals surface area contributed by atoms with Crippen molar-refractivity contribution in [1.29, 1.82) is 0 Å². The van der Waals surface area contributed by atoms with Crippen LogP contribution >= 0.6 is 0 Å². The highest BCUT2D eigenvalue weighted by atomic mass is 16.8. The van der Waals surface area contributed by atoms with Crippen molar-refractivity contribution < 1.29 is 52.8 Å². The highest BCUT2D eigenvalue weighted by Gasteiger charge is 2.83. The highest BCUT2D eigenvalue weighted by Crippen LogP contribution is 2.55. The molecule has 1 aromatic carbocycles. The van der Waals surface area contributed by atoms with Gasteiger partial charge in [0.1, 0.15) is 0 Å². The number of methoxy groups -OCH3 is 1. The monoisotopic (exact) mass is 489 g/mol. The maximum absolute atomic E-state index is 13.5. The predicted molar refractivity (Wildman–Crippen MR) is 110 cm³/mol. The van der Waals surface area contributed by atoms with Gasteiger partial charge >= 0.3 is 41.2 Å². The zero-order valence-electron chi connectivity index (χ0n) is 18.9. The van der Waals surface area contributed by atoms with Crippen LogP contribution in [0.1, 0.15) is 36.0 Å². The van der Waals surface area contributed by atoms with E-state index in [4.69, 9.17) is 23.7 Å². The van der Waals surface area contributed by atoms with Gasteiger partial charge in [-0.1, -0.05) is 18.2 Å². The fourth-order valence-electron chi connectivity index (χ4n) is 5.66. The molecule has 4 bridgehead atoms. The summed E-state index contributed by atoms with van der Waals surface area (Å²) in [7, 11) is 2.65. The zero-order chi connectivity index (χ0) is 25.2. The molecule has 4 aliphatic heterocycles. The first-order valence-corrected chi connectivity index (χ1v) is 11.0. The molecule has 12 nitrogen and oxygen atoms in total. The SMILES string of the molecule is COC(=O)[C@@]12OC(=O)CC3(O)CC(=O)OC([C@H]4CC[C@@H]1N4C)[C@]2(OC(=O)c1ccccc1)OC3=O. The summed E-state index contributed by atoms with van der Waals surface area (Å²) in [5, 5.41) is 10.9. The molecule has 6 atom stereocenters. The molecule has 2 unspecified atom stereocenters. The number of fused-ring (bicyclic) bond motifs is 6. The average molecular weight is 489 g/mol. The molecular weight excluding hydrogens is 466 g/mol. The van der Waals surface area contributed by atoms with Gasteiger partial charge in [-0.3, -0.25) is 14.5 Å². The van der Waals surface area contributed by atoms with Crippen molar-refractivity contribution in [3.05, 3.63) is 35.9 Å². The summed E-state index contributed by atoms with van der Waals surface area (Å²) in [6, 6.07) is 5.96. The third-order valence-electron chi connectivity index (χ3n) is 7.24. The minimum atomic E-state index is -2.78. The second kappa shape index (κ2) is 7.75. The number of ether oxygens (including phenoxy) is 5. The van der Waals surface area contributed by atoms with Crippen LogP contribution in [0, 0.1) is 0 Å². The molecule has 12 heteroatoms. The molecule has 1 aromatic rings. The van der Waals surface area contributed by atoms with E-state index >= 15 is 0 Å². The van der Waals surface area contributed by atoms with E-state index in [1.165, 1.54) is 12.1 Å². The van der Waals surface area contributed by atoms with E-state index in [0.29, 0.717) is 6.42 Å². The summed E-state index contributed by atoms with van der Waals surface area (Å²) in [6.07, 6.45) is -2.92. The molecule has 0 radical (unpaired) electrons. The Labute approximate surface area is 199 Å². The first-order valence-electron chi connectivity index (χ1n) is 11.0. The van der Waals surface area contributed by atoms with Crippen LogP contribution in [0.4, 0.5) is 0 Å². The van der Waals surface area contributed by atoms with Gasteiger partial charge in [0, 0.05) is 0 Å². The van der Waals surface area contributed by atoms with Gasteiger partial charge in [0.05, 0.1) is 37.6 Å². The molecule has 0 saturated carbocycles. The van der Waals surface area contributed by atoms with E-state index in [0.717, 1.165) is 7.11 Å². The molecule has 35 heavy (non-hydrogen) atoms. The van der Waals surface area contributed by atoms with Crippen molar-refractivity contribution in [3.8, 4) is 0 Å². The smallest absolute Gasteiger partial charge is 0.360 e. The third kappa shape index (κ3) is 3.09. The standard InChI is InChI=1S/C23H23NO11/c1-24-13-8-9-14(24)22(20(29)31-2)23(34-18(27)12-6-4-3-5-7-12)17(13)32-15(25)10-21(30,19(28)35-23)11-16(26)33-22/h3-7,13-14,17,30H,8-11H2,1-2H3/t13-,14+,17?,21?,22+,23+/m1/s1. The molecule has 0 amide bonds. The number of rotatable bonds is 3. The van der Waals surface area contributed by atoms with E-state index in [1.807, 2.05) is 0 Å². The molecule has 4 fully saturated rings. The predicted octanol–water partition coefficient (Wildman–Crippen LogP) is -0.535. The Balaban J connectivity index is 1.80. The number of nitrogens with zero attached hydrogens (tertiary/aromatic N) is 1. The summed E-state index contributed by atoms with van der Waals surface area (Å²) < 4.78 is 27.8. The van der Waals surface area contributed by atoms with E-state index in [2.05, 4.69) is 0 Å². The maximum atomic E-state index is 13.5. The van der Waals surface area contributed by atoms with E-state index < -0.39 is 77.9 Å². The van der Waals surface area contributed by atoms with Crippen molar-refractivity contribution in [3.63, 3.8) is 0 Å². The summed E-state index contributed by atoms with van der Waals surface area (Å²) in [5.74, 6) is -8.64. The number of piperidine rings is 1. The lowest BCUT2D eigenvalue weighted by molar-refractivity contribution is -0.359. The fraction of sp³-hybridized carbons (Fsp3) is 0.522. The van der Waals surface area contributed by atoms with Crippen molar-refractivity contribution in [2.75, 3.05) is 14.2 Å². The number of likely N-dealkylation sites (N-methyl/N-ethyl adjacent to an activating group) is 1. The molecule has 4 saturated heterocycles. The zero-order valence-corrected chi connectivity index (χ0v) is 18.9. The number of carbonyl (C=O) groups excluding carboxylic acids is 5. The number of carbonyl (C=O) groups is 5. The van der Waals surface area contributed by atoms with Crippen LogP contribution in [-0.2, 0) is 42.9 Å². The number of esters is 5. The van der Waals surface area contributed by atoms with Gasteiger partial charge < -0.3 is 28.8 Å². The Morgan fingerprint density at radius 1 is 1.06 bits per heavy atom. The van der Waals surface area contributed by atoms with Crippen molar-refractivity contribution in [2.45, 2.75) is 60.9 Å². The van der Waals surface area contributed by atoms with Crippen LogP contribution in [0.2, 0.25) is 0 Å². The quantitative estimate of drug-likeness (QED) is 0.428. The molecule has 0 aromatic heterocycles. The maximum Gasteiger partial charge on any atom is 0.360 e. The van der Waals surface area contributed by atoms with Gasteiger partial charge in [-0.2, -0.15) is 0 Å². The molecule has 0 spiro atoms. The second-order valence-corrected chi connectivity index (χ2v) is 9.14. The third-order valence-corrected chi connectivity index (χ3v) is 7.24. The summed E-state index contributed by atoms with van der Waals surface area (Å²) >= 11 is 0. The van der Waals surface area contributed by atoms with E-state index in [1.54, 1.807) is 30.1 Å². The van der Waals surface area contributed by atoms with Crippen molar-refractivity contribution >= 4 is 29.8 Å². The highest BCUT2D eigenvalue weighted by molar-refractivity contribution is 5.96. The Bertz CT molecular complexity index is 1120. The number of aliphatic hydroxyl groups is 1. The number of hydrogen-bond donors (Lipinski definition) is 1. The van der Waals surface area contributed by atoms with Crippen LogP contribution < -0.4 is 0 Å². The molecule has 4 aliphatic rings. The van der Waals surface area contributed by atoms with Gasteiger partial charge in [-0.05, 0) is 32.0 Å². The van der Waals surface area contributed by atoms with Crippen LogP contribution in [0.15, 0.2) is 30.3 Å². The number of hydrogen-bond acceptors (Lipinski definition) is 12. The van der Waals surface area contributed by atoms with Crippen LogP contribution in [0.3, 0.4) is 0 Å². The first-order chi connectivity index (χ1) is 16.6. The lowest BCUT2D eigenvalue weighted by atomic mass is 9.75. The van der Waals surface area contributed by atoms with Crippen LogP contribution in [0.25, 0.3) is 0 Å². The minimum Gasteiger partial charge on any atom is -0.466 e.